The summed E-state index contributed by atoms with van der Waals surface area (Å²) in [5, 5.41) is 45.8. The summed E-state index contributed by atoms with van der Waals surface area (Å²) in [7, 11) is 0. The molecule has 12 rings (SSSR count). The molecule has 88 heavy (non-hydrogen) atoms. The van der Waals surface area contributed by atoms with Crippen molar-refractivity contribution >= 4 is 51.7 Å². The number of aryl methyl sites for hydroxylation is 2. The number of carbonyl (C=O) groups excluding carboxylic acids is 4. The largest absolute Gasteiger partial charge is 0.481 e. The molecule has 4 aliphatic carbocycles. The van der Waals surface area contributed by atoms with Crippen molar-refractivity contribution in [3.63, 3.8) is 0 Å². The molecule has 11 unspecified atom stereocenters. The number of aliphatic hydroxyl groups is 3. The number of benzene rings is 2. The molecule has 4 saturated carbocycles. The first-order valence-corrected chi connectivity index (χ1v) is 33.7. The maximum absolute atomic E-state index is 12.9. The van der Waals surface area contributed by atoms with Crippen LogP contribution in [0.2, 0.25) is 0 Å². The van der Waals surface area contributed by atoms with Gasteiger partial charge in [-0.1, -0.05) is 87.8 Å². The molecule has 488 valence electrons. The van der Waals surface area contributed by atoms with E-state index in [1.807, 2.05) is 116 Å². The van der Waals surface area contributed by atoms with E-state index in [9.17, 15) is 39.3 Å². The lowest BCUT2D eigenvalue weighted by Crippen LogP contribution is -2.59. The Morgan fingerprint density at radius 3 is 1.50 bits per heavy atom. The lowest BCUT2D eigenvalue weighted by atomic mass is 9.70. The molecule has 2 aromatic heterocycles. The standard InChI is InChI=1S/C21H28N2O2.C15H27NO3.C14H23NO3.C11H11NO2.C10H19NO/c1-21(25)12-13-23(19-9-5-3-7-17(19)21)20(24)11-10-15-14-22-18-8-4-2-6-16(15)18;1-14(2,3)19-13(17)16-10-9-15(4,18)11-7-5-6-8-12(11)16;1-14(2,3)18-13(17)15-9-8-12(16)10-6-4-5-7-11(10)15;13-11(14)6-5-8-7-12-10-4-2-1-3-9(8)10;1-10(12)6-7-11-9-5-3-2-4-8(9)10/h2,4,6,8,14,17,19,22,25H,3,5,7,9-13H2,1H3;11-12,18H,5-10H2,1-4H3;10-11H,4-9H2,1-3H3;1-4,7,12H,5-6H2,(H,13,14);8-9,11-12H,2-7H2,1H3. The fraction of sp³-hybridized carbons (Fsp3) is 0.704. The number of Topliss-reactive ketones (excluding diaryl/α,β-unsaturated/α-hetero) is 1. The summed E-state index contributed by atoms with van der Waals surface area (Å²) >= 11 is 0. The first kappa shape index (κ1) is 68.4. The first-order valence-electron chi connectivity index (χ1n) is 33.7. The molecule has 8 fully saturated rings. The van der Waals surface area contributed by atoms with Gasteiger partial charge in [0.05, 0.1) is 16.8 Å². The number of rotatable bonds is 6. The van der Waals surface area contributed by atoms with Gasteiger partial charge in [0.25, 0.3) is 0 Å². The van der Waals surface area contributed by atoms with Crippen molar-refractivity contribution in [3.05, 3.63) is 72.1 Å². The fourth-order valence-corrected chi connectivity index (χ4v) is 15.8. The number of aromatic amines is 2. The predicted octanol–water partition coefficient (Wildman–Crippen LogP) is 12.8. The van der Waals surface area contributed by atoms with Crippen LogP contribution in [0.3, 0.4) is 0 Å². The molecule has 2 aromatic carbocycles. The number of ketones is 1. The highest BCUT2D eigenvalue weighted by Gasteiger charge is 2.49. The third kappa shape index (κ3) is 17.9. The van der Waals surface area contributed by atoms with Gasteiger partial charge < -0.3 is 59.9 Å². The Hall–Kier alpha value is -5.49. The number of nitrogens with one attached hydrogen (secondary N) is 3. The summed E-state index contributed by atoms with van der Waals surface area (Å²) in [5.41, 5.74) is 1.91. The van der Waals surface area contributed by atoms with Gasteiger partial charge in [0.15, 0.2) is 0 Å². The van der Waals surface area contributed by atoms with Crippen LogP contribution >= 0.6 is 0 Å². The average Bonchev–Trinajstić information content (AvgIpc) is 4.17. The number of ether oxygens (including phenoxy) is 2. The maximum Gasteiger partial charge on any atom is 0.410 e. The molecule has 4 saturated heterocycles. The van der Waals surface area contributed by atoms with Crippen LogP contribution in [-0.2, 0) is 36.7 Å². The number of H-pyrrole nitrogens is 2. The average molecular weight is 1220 g/mol. The van der Waals surface area contributed by atoms with Gasteiger partial charge >= 0.3 is 18.2 Å². The van der Waals surface area contributed by atoms with Gasteiger partial charge in [-0.2, -0.15) is 0 Å². The van der Waals surface area contributed by atoms with E-state index in [2.05, 4.69) is 32.3 Å². The van der Waals surface area contributed by atoms with E-state index in [0.29, 0.717) is 69.5 Å². The van der Waals surface area contributed by atoms with Gasteiger partial charge in [0.2, 0.25) is 5.91 Å². The zero-order chi connectivity index (χ0) is 63.6. The molecule has 17 nitrogen and oxygen atoms in total. The van der Waals surface area contributed by atoms with Crippen molar-refractivity contribution in [1.82, 2.24) is 30.0 Å². The number of carbonyl (C=O) groups is 5. The number of para-hydroxylation sites is 2. The minimum absolute atomic E-state index is 0.0556. The topological polar surface area (TPSA) is 238 Å². The molecular formula is C71H108N6O11. The minimum Gasteiger partial charge on any atom is -0.481 e. The van der Waals surface area contributed by atoms with Crippen molar-refractivity contribution in [1.29, 1.82) is 0 Å². The summed E-state index contributed by atoms with van der Waals surface area (Å²) in [4.78, 5) is 71.9. The second-order valence-electron chi connectivity index (χ2n) is 29.4. The highest BCUT2D eigenvalue weighted by molar-refractivity contribution is 5.86. The molecule has 0 spiro atoms. The van der Waals surface area contributed by atoms with Crippen LogP contribution < -0.4 is 5.32 Å². The summed E-state index contributed by atoms with van der Waals surface area (Å²) in [6.45, 7) is 20.0. The van der Waals surface area contributed by atoms with Crippen molar-refractivity contribution in [3.8, 4) is 0 Å². The number of fused-ring (bicyclic) bond motifs is 6. The Labute approximate surface area is 523 Å². The number of hydrogen-bond donors (Lipinski definition) is 7. The molecule has 3 amide bonds. The summed E-state index contributed by atoms with van der Waals surface area (Å²) in [5.74, 6) is 0.835. The van der Waals surface area contributed by atoms with E-state index in [1.54, 1.807) is 4.90 Å². The monoisotopic (exact) mass is 1220 g/mol. The number of aliphatic carboxylic acids is 1. The Morgan fingerprint density at radius 2 is 0.977 bits per heavy atom. The fourth-order valence-electron chi connectivity index (χ4n) is 15.8. The molecule has 4 aliphatic heterocycles. The van der Waals surface area contributed by atoms with Crippen LogP contribution in [0.15, 0.2) is 60.9 Å². The highest BCUT2D eigenvalue weighted by Crippen LogP contribution is 2.44. The SMILES string of the molecule is CC(C)(C)OC(=O)N1CCC(=O)C2CCCCC21.CC(C)(C)OC(=O)N1CCC(C)(O)C2CCCCC21.CC1(O)CCN(C(=O)CCc2c[nH]c3ccccc23)C2CCCCC21.CC1(O)CCNC2CCCCC21.O=C(O)CCc1c[nH]c2ccccc12. The van der Waals surface area contributed by atoms with E-state index in [4.69, 9.17) is 14.6 Å². The third-order valence-electron chi connectivity index (χ3n) is 20.5. The zero-order valence-corrected chi connectivity index (χ0v) is 54.7. The lowest BCUT2D eigenvalue weighted by Gasteiger charge is -2.51. The second kappa shape index (κ2) is 29.6. The summed E-state index contributed by atoms with van der Waals surface area (Å²) in [6.07, 6.45) is 26.2. The molecule has 8 aliphatic rings. The van der Waals surface area contributed by atoms with Crippen LogP contribution in [0.1, 0.15) is 215 Å². The van der Waals surface area contributed by atoms with E-state index < -0.39 is 34.0 Å². The Bertz CT molecular complexity index is 2950. The van der Waals surface area contributed by atoms with E-state index in [1.165, 1.54) is 49.5 Å². The molecule has 4 aromatic rings. The maximum atomic E-state index is 12.9. The Kier molecular flexibility index (Phi) is 23.0. The first-order chi connectivity index (χ1) is 41.6. The number of piperidine rings is 4. The Balaban J connectivity index is 0.000000146. The summed E-state index contributed by atoms with van der Waals surface area (Å²) in [6, 6.07) is 17.2. The smallest absolute Gasteiger partial charge is 0.410 e. The van der Waals surface area contributed by atoms with Crippen LogP contribution in [0.4, 0.5) is 9.59 Å². The van der Waals surface area contributed by atoms with Crippen LogP contribution in [0.25, 0.3) is 21.8 Å². The lowest BCUT2D eigenvalue weighted by molar-refractivity contribution is -0.150. The van der Waals surface area contributed by atoms with Gasteiger partial charge in [-0.25, -0.2) is 9.59 Å². The van der Waals surface area contributed by atoms with Crippen LogP contribution in [0.5, 0.6) is 0 Å². The number of hydrogen-bond acceptors (Lipinski definition) is 11. The number of carboxylic acid groups (broad SMARTS) is 1. The summed E-state index contributed by atoms with van der Waals surface area (Å²) < 4.78 is 10.9. The number of amides is 3. The molecule has 11 atom stereocenters. The quantitative estimate of drug-likeness (QED) is 0.0954. The predicted molar refractivity (Wildman–Crippen MR) is 345 cm³/mol. The van der Waals surface area contributed by atoms with E-state index in [0.717, 1.165) is 106 Å². The minimum atomic E-state index is -0.754. The second-order valence-corrected chi connectivity index (χ2v) is 29.4. The van der Waals surface area contributed by atoms with Crippen LogP contribution in [0, 0.1) is 23.7 Å². The normalized spacial score (nSPS) is 30.3. The molecule has 0 bridgehead atoms. The number of aromatic nitrogens is 2. The van der Waals surface area contributed by atoms with Crippen molar-refractivity contribution < 1.29 is 53.9 Å². The van der Waals surface area contributed by atoms with Crippen molar-refractivity contribution in [2.45, 2.75) is 269 Å². The van der Waals surface area contributed by atoms with Gasteiger partial charge in [-0.3, -0.25) is 14.4 Å². The highest BCUT2D eigenvalue weighted by atomic mass is 16.6. The third-order valence-corrected chi connectivity index (χ3v) is 20.5. The van der Waals surface area contributed by atoms with Crippen molar-refractivity contribution in [2.24, 2.45) is 23.7 Å². The van der Waals surface area contributed by atoms with Crippen molar-refractivity contribution in [2.75, 3.05) is 26.2 Å². The number of carboxylic acids is 1. The Morgan fingerprint density at radius 1 is 0.545 bits per heavy atom. The van der Waals surface area contributed by atoms with Crippen LogP contribution in [-0.4, -0.2) is 153 Å². The number of nitrogens with zero attached hydrogens (tertiary/aromatic N) is 3. The van der Waals surface area contributed by atoms with E-state index >= 15 is 0 Å². The zero-order valence-electron chi connectivity index (χ0n) is 54.7. The van der Waals surface area contributed by atoms with Gasteiger partial charge in [0.1, 0.15) is 17.0 Å². The van der Waals surface area contributed by atoms with Gasteiger partial charge in [-0.15, -0.1) is 0 Å². The van der Waals surface area contributed by atoms with E-state index in [-0.39, 0.29) is 60.4 Å². The van der Waals surface area contributed by atoms with Gasteiger partial charge in [-0.05, 0) is 176 Å². The van der Waals surface area contributed by atoms with Gasteiger partial charge in [0, 0.05) is 121 Å². The molecule has 17 heteroatoms. The number of likely N-dealkylation sites (tertiary alicyclic amines) is 3. The molecule has 6 heterocycles. The molecule has 0 radical (unpaired) electrons. The molecule has 7 N–H and O–H groups in total. The molecular weight excluding hydrogens is 1110 g/mol.